The molecule has 0 saturated heterocycles. The smallest absolute Gasteiger partial charge is 0.159 e. The Balaban J connectivity index is 1.54. The quantitative estimate of drug-likeness (QED) is 0.160. The van der Waals surface area contributed by atoms with E-state index in [2.05, 4.69) is 18.8 Å². The Morgan fingerprint density at radius 3 is 2.00 bits per heavy atom. The Labute approximate surface area is 196 Å². The Hall–Kier alpha value is -3.78. The van der Waals surface area contributed by atoms with E-state index in [4.69, 9.17) is 4.74 Å². The van der Waals surface area contributed by atoms with Crippen molar-refractivity contribution in [1.82, 2.24) is 0 Å². The van der Waals surface area contributed by atoms with Crippen LogP contribution in [-0.4, -0.2) is 6.61 Å². The molecule has 0 aromatic heterocycles. The first-order valence-corrected chi connectivity index (χ1v) is 11.1. The van der Waals surface area contributed by atoms with Gasteiger partial charge in [-0.05, 0) is 76.9 Å². The van der Waals surface area contributed by atoms with Crippen molar-refractivity contribution in [3.63, 3.8) is 0 Å². The van der Waals surface area contributed by atoms with E-state index in [1.807, 2.05) is 0 Å². The second kappa shape index (κ2) is 10.4. The molecule has 0 N–H and O–H groups in total. The lowest BCUT2D eigenvalue weighted by Gasteiger charge is -2.08. The maximum absolute atomic E-state index is 14.7. The molecule has 4 rings (SSSR count). The van der Waals surface area contributed by atoms with E-state index >= 15 is 0 Å². The van der Waals surface area contributed by atoms with Crippen molar-refractivity contribution in [2.24, 2.45) is 0 Å². The molecule has 4 aromatic carbocycles. The highest BCUT2D eigenvalue weighted by atomic mass is 19.2. The largest absolute Gasteiger partial charge is 0.494 e. The molecule has 0 aliphatic heterocycles. The average molecular weight is 462 g/mol. The zero-order valence-electron chi connectivity index (χ0n) is 18.6. The molecule has 0 radical (unpaired) electrons. The number of fused-ring (bicyclic) bond motifs is 1. The summed E-state index contributed by atoms with van der Waals surface area (Å²) in [4.78, 5) is 0. The molecule has 0 bridgehead atoms. The van der Waals surface area contributed by atoms with Crippen LogP contribution >= 0.6 is 0 Å². The van der Waals surface area contributed by atoms with Crippen LogP contribution in [0.2, 0.25) is 0 Å². The molecule has 0 unspecified atom stereocenters. The predicted octanol–water partition coefficient (Wildman–Crippen LogP) is 8.03. The van der Waals surface area contributed by atoms with E-state index in [0.717, 1.165) is 31.4 Å². The van der Waals surface area contributed by atoms with Gasteiger partial charge in [-0.15, -0.1) is 0 Å². The van der Waals surface area contributed by atoms with E-state index in [1.54, 1.807) is 42.5 Å². The highest BCUT2D eigenvalue weighted by molar-refractivity contribution is 5.84. The van der Waals surface area contributed by atoms with Crippen molar-refractivity contribution in [2.45, 2.75) is 26.2 Å². The van der Waals surface area contributed by atoms with Crippen LogP contribution in [0, 0.1) is 35.1 Å². The van der Waals surface area contributed by atoms with Crippen molar-refractivity contribution in [3.8, 4) is 28.7 Å². The van der Waals surface area contributed by atoms with Gasteiger partial charge in [0.05, 0.1) is 12.2 Å². The zero-order valence-corrected chi connectivity index (χ0v) is 18.6. The van der Waals surface area contributed by atoms with Gasteiger partial charge in [0.15, 0.2) is 11.6 Å². The Kier molecular flexibility index (Phi) is 7.18. The van der Waals surface area contributed by atoms with Gasteiger partial charge >= 0.3 is 0 Å². The molecule has 0 fully saturated rings. The monoisotopic (exact) mass is 462 g/mol. The van der Waals surface area contributed by atoms with Crippen LogP contribution in [0.1, 0.15) is 37.3 Å². The third kappa shape index (κ3) is 5.40. The summed E-state index contributed by atoms with van der Waals surface area (Å²) in [5.74, 6) is 2.46. The summed E-state index contributed by atoms with van der Waals surface area (Å²) in [6.45, 7) is 2.76. The number of rotatable bonds is 6. The number of hydrogen-bond donors (Lipinski definition) is 0. The summed E-state index contributed by atoms with van der Waals surface area (Å²) in [6.07, 6.45) is 3.19. The van der Waals surface area contributed by atoms with Crippen LogP contribution in [0.15, 0.2) is 66.7 Å². The van der Waals surface area contributed by atoms with Gasteiger partial charge in [-0.1, -0.05) is 49.8 Å². The lowest BCUT2D eigenvalue weighted by Crippen LogP contribution is -1.97. The van der Waals surface area contributed by atoms with Gasteiger partial charge in [-0.2, -0.15) is 0 Å². The molecule has 0 aliphatic carbocycles. The van der Waals surface area contributed by atoms with Crippen LogP contribution in [0.3, 0.4) is 0 Å². The Bertz CT molecular complexity index is 1360. The summed E-state index contributed by atoms with van der Waals surface area (Å²) in [7, 11) is 0. The molecule has 0 atom stereocenters. The highest BCUT2D eigenvalue weighted by Crippen LogP contribution is 2.26. The first kappa shape index (κ1) is 23.4. The highest BCUT2D eigenvalue weighted by Gasteiger charge is 2.11. The molecule has 0 spiro atoms. The van der Waals surface area contributed by atoms with E-state index in [9.17, 15) is 17.6 Å². The van der Waals surface area contributed by atoms with Gasteiger partial charge in [-0.3, -0.25) is 0 Å². The number of benzene rings is 4. The summed E-state index contributed by atoms with van der Waals surface area (Å²) < 4.78 is 62.0. The van der Waals surface area contributed by atoms with Crippen LogP contribution in [-0.2, 0) is 0 Å². The minimum Gasteiger partial charge on any atom is -0.494 e. The van der Waals surface area contributed by atoms with Crippen LogP contribution in [0.4, 0.5) is 17.6 Å². The van der Waals surface area contributed by atoms with Gasteiger partial charge < -0.3 is 4.74 Å². The van der Waals surface area contributed by atoms with Gasteiger partial charge in [0.2, 0.25) is 0 Å². The van der Waals surface area contributed by atoms with E-state index < -0.39 is 23.3 Å². The van der Waals surface area contributed by atoms with Gasteiger partial charge in [0, 0.05) is 5.56 Å². The molecule has 0 aliphatic rings. The molecule has 172 valence electrons. The molecule has 1 nitrogen and oxygen atoms in total. The Morgan fingerprint density at radius 1 is 0.647 bits per heavy atom. The molecule has 0 saturated carbocycles. The zero-order chi connectivity index (χ0) is 24.1. The minimum atomic E-state index is -0.971. The second-order valence-corrected chi connectivity index (χ2v) is 7.97. The summed E-state index contributed by atoms with van der Waals surface area (Å²) in [5, 5.41) is 0.948. The third-order valence-electron chi connectivity index (χ3n) is 5.46. The first-order chi connectivity index (χ1) is 16.4. The van der Waals surface area contributed by atoms with Crippen molar-refractivity contribution in [1.29, 1.82) is 0 Å². The summed E-state index contributed by atoms with van der Waals surface area (Å²) in [6, 6.07) is 16.4. The van der Waals surface area contributed by atoms with Crippen LogP contribution in [0.25, 0.3) is 21.9 Å². The number of ether oxygens (including phenoxy) is 1. The molecule has 0 heterocycles. The second-order valence-electron chi connectivity index (χ2n) is 7.97. The Morgan fingerprint density at radius 2 is 1.32 bits per heavy atom. The number of hydrogen-bond acceptors (Lipinski definition) is 1. The van der Waals surface area contributed by atoms with Crippen LogP contribution < -0.4 is 4.74 Å². The molecule has 4 aromatic rings. The lowest BCUT2D eigenvalue weighted by molar-refractivity contribution is 0.306. The molecule has 34 heavy (non-hydrogen) atoms. The van der Waals surface area contributed by atoms with Crippen molar-refractivity contribution < 1.29 is 22.3 Å². The molecular formula is C29H22F4O. The lowest BCUT2D eigenvalue weighted by atomic mass is 10.0. The average Bonchev–Trinajstić information content (AvgIpc) is 2.82. The number of halogens is 4. The third-order valence-corrected chi connectivity index (χ3v) is 5.46. The first-order valence-electron chi connectivity index (χ1n) is 11.1. The van der Waals surface area contributed by atoms with Gasteiger partial charge in [0.25, 0.3) is 0 Å². The van der Waals surface area contributed by atoms with Crippen molar-refractivity contribution in [3.05, 3.63) is 101 Å². The maximum Gasteiger partial charge on any atom is 0.159 e. The van der Waals surface area contributed by atoms with Crippen molar-refractivity contribution >= 4 is 10.8 Å². The molecule has 0 amide bonds. The summed E-state index contributed by atoms with van der Waals surface area (Å²) in [5.41, 5.74) is 1.12. The van der Waals surface area contributed by atoms with Gasteiger partial charge in [0.1, 0.15) is 17.4 Å². The minimum absolute atomic E-state index is 0.356. The standard InChI is InChI=1S/C29H22F4O/c1-2-3-4-13-34-24-10-8-20(9-11-24)23-16-26(30)25(27(31)17-23)12-6-19-5-7-21-15-28(32)29(33)18-22(21)14-19/h5,7-11,14-18H,2-4,13H2,1H3. The number of unbranched alkanes of at least 4 members (excludes halogenated alkanes) is 2. The van der Waals surface area contributed by atoms with Crippen molar-refractivity contribution in [2.75, 3.05) is 6.61 Å². The SMILES string of the molecule is CCCCCOc1ccc(-c2cc(F)c(C#Cc3ccc4cc(F)c(F)cc4c3)c(F)c2)cc1. The molecule has 5 heteroatoms. The fourth-order valence-electron chi connectivity index (χ4n) is 3.60. The van der Waals surface area contributed by atoms with Crippen LogP contribution in [0.5, 0.6) is 5.75 Å². The fraction of sp³-hybridized carbons (Fsp3) is 0.172. The van der Waals surface area contributed by atoms with E-state index in [-0.39, 0.29) is 5.56 Å². The molecular weight excluding hydrogens is 440 g/mol. The van der Waals surface area contributed by atoms with E-state index in [0.29, 0.717) is 39.8 Å². The normalized spacial score (nSPS) is 10.7. The predicted molar refractivity (Wildman–Crippen MR) is 127 cm³/mol. The topological polar surface area (TPSA) is 9.23 Å². The summed E-state index contributed by atoms with van der Waals surface area (Å²) >= 11 is 0. The van der Waals surface area contributed by atoms with Gasteiger partial charge in [-0.25, -0.2) is 17.6 Å². The fourth-order valence-corrected chi connectivity index (χ4v) is 3.60. The van der Waals surface area contributed by atoms with E-state index in [1.165, 1.54) is 12.1 Å². The maximum atomic E-state index is 14.7.